The van der Waals surface area contributed by atoms with Crippen LogP contribution < -0.4 is 19.4 Å². The molecule has 2 fully saturated rings. The van der Waals surface area contributed by atoms with Crippen LogP contribution in [0, 0.1) is 5.92 Å². The Kier molecular flexibility index (Phi) is 6.76. The fourth-order valence-corrected chi connectivity index (χ4v) is 5.18. The first-order chi connectivity index (χ1) is 19.6. The summed E-state index contributed by atoms with van der Waals surface area (Å²) in [5.74, 6) is -1.28. The molecule has 2 aliphatic heterocycles. The molecular formula is C32H26N2O6. The first-order valence-corrected chi connectivity index (χ1v) is 13.0. The number of amides is 2. The van der Waals surface area contributed by atoms with E-state index >= 15 is 0 Å². The molecule has 2 amide bonds. The number of para-hydroxylation sites is 3. The largest absolute Gasteiger partial charge is 0.492 e. The summed E-state index contributed by atoms with van der Waals surface area (Å²) in [6.07, 6.45) is -1.01. The number of hydrogen-bond donors (Lipinski definition) is 0. The minimum Gasteiger partial charge on any atom is -0.492 e. The maximum Gasteiger partial charge on any atom is 0.343 e. The van der Waals surface area contributed by atoms with Gasteiger partial charge in [0.15, 0.2) is 6.10 Å². The first kappa shape index (κ1) is 25.3. The highest BCUT2D eigenvalue weighted by Gasteiger charge is 2.60. The van der Waals surface area contributed by atoms with Gasteiger partial charge in [-0.05, 0) is 61.0 Å². The van der Waals surface area contributed by atoms with Crippen LogP contribution in [0.1, 0.15) is 28.9 Å². The standard InChI is InChI=1S/C32H26N2O6/c1-2-38-26-16-10-9-15-25(26)33-30(35)27-28(34(40-29(27)31(33)36)23-13-7-4-8-14-23)21-17-19-24(20-18-21)39-32(37)22-11-5-3-6-12-22/h3-20,27-29H,2H2,1H3/t27-,28-,29+/m0/s1. The van der Waals surface area contributed by atoms with Crippen LogP contribution in [-0.4, -0.2) is 30.5 Å². The number of rotatable bonds is 7. The Hall–Kier alpha value is -4.95. The summed E-state index contributed by atoms with van der Waals surface area (Å²) in [5.41, 5.74) is 2.28. The Morgan fingerprint density at radius 3 is 2.15 bits per heavy atom. The van der Waals surface area contributed by atoms with E-state index in [-0.39, 0.29) is 5.91 Å². The van der Waals surface area contributed by atoms with E-state index in [0.29, 0.717) is 35.0 Å². The predicted molar refractivity (Wildman–Crippen MR) is 148 cm³/mol. The number of imide groups is 1. The Bertz CT molecular complexity index is 1540. The van der Waals surface area contributed by atoms with Crippen LogP contribution in [0.15, 0.2) is 109 Å². The number of hydrogen-bond acceptors (Lipinski definition) is 7. The number of anilines is 2. The minimum atomic E-state index is -1.01. The molecule has 2 saturated heterocycles. The van der Waals surface area contributed by atoms with E-state index in [1.165, 1.54) is 4.90 Å². The van der Waals surface area contributed by atoms with Crippen molar-refractivity contribution in [2.45, 2.75) is 19.1 Å². The highest BCUT2D eigenvalue weighted by Crippen LogP contribution is 2.48. The van der Waals surface area contributed by atoms with Crippen LogP contribution in [0.25, 0.3) is 0 Å². The molecule has 3 atom stereocenters. The van der Waals surface area contributed by atoms with E-state index < -0.39 is 29.9 Å². The van der Waals surface area contributed by atoms with Gasteiger partial charge in [0.1, 0.15) is 17.4 Å². The fourth-order valence-electron chi connectivity index (χ4n) is 5.18. The lowest BCUT2D eigenvalue weighted by Gasteiger charge is -2.29. The lowest BCUT2D eigenvalue weighted by atomic mass is 9.90. The summed E-state index contributed by atoms with van der Waals surface area (Å²) in [7, 11) is 0. The van der Waals surface area contributed by atoms with Gasteiger partial charge < -0.3 is 9.47 Å². The van der Waals surface area contributed by atoms with Crippen LogP contribution in [0.2, 0.25) is 0 Å². The highest BCUT2D eigenvalue weighted by molar-refractivity contribution is 6.24. The third kappa shape index (κ3) is 4.48. The molecule has 40 heavy (non-hydrogen) atoms. The number of nitrogens with zero attached hydrogens (tertiary/aromatic N) is 2. The smallest absolute Gasteiger partial charge is 0.343 e. The van der Waals surface area contributed by atoms with Gasteiger partial charge in [0, 0.05) is 0 Å². The summed E-state index contributed by atoms with van der Waals surface area (Å²) in [6, 6.07) is 31.4. The molecule has 4 aromatic rings. The van der Waals surface area contributed by atoms with Crippen molar-refractivity contribution in [3.05, 3.63) is 120 Å². The molecule has 0 saturated carbocycles. The molecule has 0 bridgehead atoms. The van der Waals surface area contributed by atoms with Crippen LogP contribution >= 0.6 is 0 Å². The van der Waals surface area contributed by atoms with Gasteiger partial charge in [0.2, 0.25) is 5.91 Å². The molecule has 0 aromatic heterocycles. The van der Waals surface area contributed by atoms with Gasteiger partial charge in [0.25, 0.3) is 5.91 Å². The van der Waals surface area contributed by atoms with Gasteiger partial charge in [-0.2, -0.15) is 0 Å². The second-order valence-corrected chi connectivity index (χ2v) is 9.40. The lowest BCUT2D eigenvalue weighted by Crippen LogP contribution is -2.37. The van der Waals surface area contributed by atoms with Crippen LogP contribution in [0.3, 0.4) is 0 Å². The summed E-state index contributed by atoms with van der Waals surface area (Å²) in [4.78, 5) is 47.5. The van der Waals surface area contributed by atoms with E-state index in [2.05, 4.69) is 0 Å². The Labute approximate surface area is 231 Å². The average Bonchev–Trinajstić information content (AvgIpc) is 3.50. The van der Waals surface area contributed by atoms with Gasteiger partial charge >= 0.3 is 5.97 Å². The van der Waals surface area contributed by atoms with E-state index in [9.17, 15) is 14.4 Å². The summed E-state index contributed by atoms with van der Waals surface area (Å²) in [5, 5.41) is 1.63. The van der Waals surface area contributed by atoms with Crippen molar-refractivity contribution in [2.24, 2.45) is 5.92 Å². The second-order valence-electron chi connectivity index (χ2n) is 9.40. The fraction of sp³-hybridized carbons (Fsp3) is 0.156. The third-order valence-electron chi connectivity index (χ3n) is 6.97. The maximum atomic E-state index is 14.0. The number of fused-ring (bicyclic) bond motifs is 1. The van der Waals surface area contributed by atoms with Gasteiger partial charge in [-0.25, -0.2) is 14.8 Å². The van der Waals surface area contributed by atoms with E-state index in [0.717, 1.165) is 5.56 Å². The molecular weight excluding hydrogens is 508 g/mol. The third-order valence-corrected chi connectivity index (χ3v) is 6.97. The number of benzene rings is 4. The first-order valence-electron chi connectivity index (χ1n) is 13.0. The molecule has 2 heterocycles. The summed E-state index contributed by atoms with van der Waals surface area (Å²) in [6.45, 7) is 2.24. The molecule has 0 spiro atoms. The number of carbonyl (C=O) groups is 3. The molecule has 8 heteroatoms. The predicted octanol–water partition coefficient (Wildman–Crippen LogP) is 5.36. The molecule has 200 valence electrons. The zero-order valence-electron chi connectivity index (χ0n) is 21.7. The minimum absolute atomic E-state index is 0.362. The van der Waals surface area contributed by atoms with Crippen molar-refractivity contribution in [2.75, 3.05) is 16.6 Å². The molecule has 0 unspecified atom stereocenters. The summed E-state index contributed by atoms with van der Waals surface area (Å²) < 4.78 is 11.2. The van der Waals surface area contributed by atoms with Crippen molar-refractivity contribution in [1.29, 1.82) is 0 Å². The zero-order valence-corrected chi connectivity index (χ0v) is 21.7. The van der Waals surface area contributed by atoms with Crippen molar-refractivity contribution in [3.63, 3.8) is 0 Å². The van der Waals surface area contributed by atoms with Crippen LogP contribution in [-0.2, 0) is 14.4 Å². The number of carbonyl (C=O) groups excluding carboxylic acids is 3. The topological polar surface area (TPSA) is 85.4 Å². The quantitative estimate of drug-likeness (QED) is 0.179. The normalized spacial score (nSPS) is 20.0. The molecule has 0 radical (unpaired) electrons. The van der Waals surface area contributed by atoms with Gasteiger partial charge in [-0.3, -0.25) is 14.4 Å². The van der Waals surface area contributed by atoms with Crippen molar-refractivity contribution < 1.29 is 28.7 Å². The van der Waals surface area contributed by atoms with Crippen LogP contribution in [0.5, 0.6) is 11.5 Å². The highest BCUT2D eigenvalue weighted by atomic mass is 16.7. The van der Waals surface area contributed by atoms with E-state index in [1.807, 2.05) is 43.3 Å². The van der Waals surface area contributed by atoms with E-state index in [1.54, 1.807) is 77.9 Å². The van der Waals surface area contributed by atoms with Crippen molar-refractivity contribution in [3.8, 4) is 11.5 Å². The van der Waals surface area contributed by atoms with Gasteiger partial charge in [-0.1, -0.05) is 60.7 Å². The Morgan fingerprint density at radius 1 is 0.800 bits per heavy atom. The second kappa shape index (κ2) is 10.7. The lowest BCUT2D eigenvalue weighted by molar-refractivity contribution is -0.126. The number of hydroxylamine groups is 1. The average molecular weight is 535 g/mol. The summed E-state index contributed by atoms with van der Waals surface area (Å²) >= 11 is 0. The number of ether oxygens (including phenoxy) is 2. The zero-order chi connectivity index (χ0) is 27.6. The Morgan fingerprint density at radius 2 is 1.45 bits per heavy atom. The molecule has 8 nitrogen and oxygen atoms in total. The van der Waals surface area contributed by atoms with Crippen molar-refractivity contribution >= 4 is 29.2 Å². The van der Waals surface area contributed by atoms with Crippen LogP contribution in [0.4, 0.5) is 11.4 Å². The molecule has 2 aliphatic rings. The van der Waals surface area contributed by atoms with Gasteiger partial charge in [0.05, 0.1) is 29.6 Å². The van der Waals surface area contributed by atoms with Crippen molar-refractivity contribution in [1.82, 2.24) is 0 Å². The Balaban J connectivity index is 1.34. The molecule has 0 N–H and O–H groups in total. The monoisotopic (exact) mass is 534 g/mol. The maximum absolute atomic E-state index is 14.0. The molecule has 4 aromatic carbocycles. The SMILES string of the molecule is CCOc1ccccc1N1C(=O)[C@@H]2[C@@H](ON(c3ccccc3)[C@H]2c2ccc(OC(=O)c3ccccc3)cc2)C1=O. The molecule has 0 aliphatic carbocycles. The van der Waals surface area contributed by atoms with E-state index in [4.69, 9.17) is 14.3 Å². The van der Waals surface area contributed by atoms with Gasteiger partial charge in [-0.15, -0.1) is 0 Å². The number of esters is 1. The molecule has 6 rings (SSSR count).